The van der Waals surface area contributed by atoms with Crippen molar-refractivity contribution in [2.45, 2.75) is 50.3 Å². The maximum Gasteiger partial charge on any atom is 0.240 e. The monoisotopic (exact) mass is 384 g/mol. The predicted molar refractivity (Wildman–Crippen MR) is 106 cm³/mol. The molecule has 2 N–H and O–H groups in total. The maximum atomic E-state index is 13.0. The van der Waals surface area contributed by atoms with Gasteiger partial charge in [-0.1, -0.05) is 30.3 Å². The highest BCUT2D eigenvalue weighted by Crippen LogP contribution is 2.20. The molecule has 0 aromatic heterocycles. The molecule has 1 saturated heterocycles. The predicted octanol–water partition coefficient (Wildman–Crippen LogP) is 2.49. The maximum absolute atomic E-state index is 13.0. The first-order valence-corrected chi connectivity index (χ1v) is 10.2. The van der Waals surface area contributed by atoms with E-state index in [4.69, 9.17) is 0 Å². The van der Waals surface area contributed by atoms with Crippen LogP contribution in [0.3, 0.4) is 0 Å². The number of aliphatic hydroxyl groups is 1. The standard InChI is InChI=1S/C19H28N2O2S.ClH/c22-17-8-6-16(7-9-17)20-18(14-15-4-2-1-3-5-15)19(23)21-10-12-24-13-11-21;/h1-5,16-18,20,22H,6-14H2;1H/t16?,17?,18-;/m0./s1. The topological polar surface area (TPSA) is 52.6 Å². The summed E-state index contributed by atoms with van der Waals surface area (Å²) in [6.07, 6.45) is 4.16. The molecule has 2 fully saturated rings. The number of hydrogen-bond donors (Lipinski definition) is 2. The first kappa shape index (κ1) is 20.6. The Labute approximate surface area is 161 Å². The van der Waals surface area contributed by atoms with E-state index in [9.17, 15) is 9.90 Å². The van der Waals surface area contributed by atoms with Crippen molar-refractivity contribution in [1.82, 2.24) is 10.2 Å². The summed E-state index contributed by atoms with van der Waals surface area (Å²) in [6, 6.07) is 10.5. The molecule has 0 bridgehead atoms. The molecule has 1 atom stereocenters. The van der Waals surface area contributed by atoms with E-state index in [2.05, 4.69) is 17.4 Å². The second-order valence-corrected chi connectivity index (χ2v) is 8.08. The second-order valence-electron chi connectivity index (χ2n) is 6.85. The van der Waals surface area contributed by atoms with Crippen molar-refractivity contribution in [3.8, 4) is 0 Å². The van der Waals surface area contributed by atoms with E-state index >= 15 is 0 Å². The minimum absolute atomic E-state index is 0. The Hall–Kier alpha value is -0.750. The molecule has 1 heterocycles. The van der Waals surface area contributed by atoms with E-state index in [1.165, 1.54) is 5.56 Å². The van der Waals surface area contributed by atoms with Crippen LogP contribution in [0.5, 0.6) is 0 Å². The fourth-order valence-corrected chi connectivity index (χ4v) is 4.50. The summed E-state index contributed by atoms with van der Waals surface area (Å²) in [6.45, 7) is 1.72. The minimum Gasteiger partial charge on any atom is -0.393 e. The van der Waals surface area contributed by atoms with Gasteiger partial charge in [0.2, 0.25) is 5.91 Å². The van der Waals surface area contributed by atoms with Gasteiger partial charge in [-0.15, -0.1) is 12.4 Å². The number of thioether (sulfide) groups is 1. The summed E-state index contributed by atoms with van der Waals surface area (Å²) in [5.74, 6) is 2.32. The molecule has 1 aromatic rings. The summed E-state index contributed by atoms with van der Waals surface area (Å²) in [5, 5.41) is 13.3. The van der Waals surface area contributed by atoms with Crippen LogP contribution in [0.4, 0.5) is 0 Å². The minimum atomic E-state index is -0.162. The van der Waals surface area contributed by atoms with Crippen molar-refractivity contribution in [2.24, 2.45) is 0 Å². The first-order chi connectivity index (χ1) is 11.7. The molecule has 6 heteroatoms. The molecular weight excluding hydrogens is 356 g/mol. The van der Waals surface area contributed by atoms with Crippen molar-refractivity contribution in [3.05, 3.63) is 35.9 Å². The third-order valence-electron chi connectivity index (χ3n) is 5.04. The van der Waals surface area contributed by atoms with Crippen molar-refractivity contribution in [2.75, 3.05) is 24.6 Å². The average Bonchev–Trinajstić information content (AvgIpc) is 2.64. The van der Waals surface area contributed by atoms with Crippen LogP contribution in [0.1, 0.15) is 31.2 Å². The number of amides is 1. The van der Waals surface area contributed by atoms with E-state index in [1.807, 2.05) is 34.9 Å². The van der Waals surface area contributed by atoms with Gasteiger partial charge < -0.3 is 15.3 Å². The quantitative estimate of drug-likeness (QED) is 0.818. The molecule has 0 spiro atoms. The van der Waals surface area contributed by atoms with Crippen LogP contribution >= 0.6 is 24.2 Å². The van der Waals surface area contributed by atoms with Gasteiger partial charge in [0.25, 0.3) is 0 Å². The Morgan fingerprint density at radius 2 is 1.80 bits per heavy atom. The molecular formula is C19H29ClN2O2S. The fraction of sp³-hybridized carbons (Fsp3) is 0.632. The van der Waals surface area contributed by atoms with Crippen LogP contribution < -0.4 is 5.32 Å². The van der Waals surface area contributed by atoms with Crippen molar-refractivity contribution in [3.63, 3.8) is 0 Å². The van der Waals surface area contributed by atoms with Crippen LogP contribution in [0, 0.1) is 0 Å². The molecule has 1 amide bonds. The lowest BCUT2D eigenvalue weighted by Gasteiger charge is -2.34. The van der Waals surface area contributed by atoms with E-state index in [0.717, 1.165) is 56.7 Å². The molecule has 2 aliphatic rings. The van der Waals surface area contributed by atoms with Gasteiger partial charge in [0.15, 0.2) is 0 Å². The van der Waals surface area contributed by atoms with E-state index < -0.39 is 0 Å². The summed E-state index contributed by atoms with van der Waals surface area (Å²) < 4.78 is 0. The van der Waals surface area contributed by atoms with Gasteiger partial charge in [-0.3, -0.25) is 4.79 Å². The van der Waals surface area contributed by atoms with Crippen LogP contribution in [-0.2, 0) is 11.2 Å². The molecule has 1 aliphatic heterocycles. The number of rotatable bonds is 5. The van der Waals surface area contributed by atoms with E-state index in [0.29, 0.717) is 6.04 Å². The largest absolute Gasteiger partial charge is 0.393 e. The number of benzene rings is 1. The zero-order valence-corrected chi connectivity index (χ0v) is 16.2. The summed E-state index contributed by atoms with van der Waals surface area (Å²) in [4.78, 5) is 15.1. The molecule has 1 aliphatic carbocycles. The lowest BCUT2D eigenvalue weighted by Crippen LogP contribution is -2.53. The molecule has 0 unspecified atom stereocenters. The van der Waals surface area contributed by atoms with Crippen LogP contribution in [0.15, 0.2) is 30.3 Å². The number of hydrogen-bond acceptors (Lipinski definition) is 4. The smallest absolute Gasteiger partial charge is 0.240 e. The van der Waals surface area contributed by atoms with Crippen molar-refractivity contribution >= 4 is 30.1 Å². The third kappa shape index (κ3) is 6.17. The Morgan fingerprint density at radius 3 is 2.44 bits per heavy atom. The number of halogens is 1. The lowest BCUT2D eigenvalue weighted by molar-refractivity contribution is -0.133. The Morgan fingerprint density at radius 1 is 1.16 bits per heavy atom. The van der Waals surface area contributed by atoms with E-state index in [-0.39, 0.29) is 30.5 Å². The normalized spacial score (nSPS) is 25.1. The lowest BCUT2D eigenvalue weighted by atomic mass is 9.92. The Balaban J connectivity index is 0.00000225. The number of nitrogens with zero attached hydrogens (tertiary/aromatic N) is 1. The van der Waals surface area contributed by atoms with Gasteiger partial charge in [-0.05, 0) is 37.7 Å². The number of carbonyl (C=O) groups excluding carboxylic acids is 1. The Bertz CT molecular complexity index is 517. The molecule has 3 rings (SSSR count). The van der Waals surface area contributed by atoms with E-state index in [1.54, 1.807) is 0 Å². The first-order valence-electron chi connectivity index (χ1n) is 9.07. The summed E-state index contributed by atoms with van der Waals surface area (Å²) >= 11 is 1.93. The highest BCUT2D eigenvalue weighted by atomic mass is 35.5. The molecule has 25 heavy (non-hydrogen) atoms. The van der Waals surface area contributed by atoms with Crippen LogP contribution in [0.2, 0.25) is 0 Å². The molecule has 140 valence electrons. The van der Waals surface area contributed by atoms with Crippen LogP contribution in [-0.4, -0.2) is 58.7 Å². The van der Waals surface area contributed by atoms with Gasteiger partial charge in [-0.25, -0.2) is 0 Å². The van der Waals surface area contributed by atoms with Gasteiger partial charge in [0.1, 0.15) is 0 Å². The highest BCUT2D eigenvalue weighted by molar-refractivity contribution is 7.99. The molecule has 0 radical (unpaired) electrons. The zero-order valence-electron chi connectivity index (χ0n) is 14.6. The third-order valence-corrected chi connectivity index (χ3v) is 5.98. The molecule has 1 aromatic carbocycles. The van der Waals surface area contributed by atoms with Crippen molar-refractivity contribution < 1.29 is 9.90 Å². The summed E-state index contributed by atoms with van der Waals surface area (Å²) in [7, 11) is 0. The van der Waals surface area contributed by atoms with Gasteiger partial charge >= 0.3 is 0 Å². The molecule has 1 saturated carbocycles. The SMILES string of the molecule is Cl.O=C([C@H](Cc1ccccc1)NC1CCC(O)CC1)N1CCSCC1. The number of aliphatic hydroxyl groups excluding tert-OH is 1. The average molecular weight is 385 g/mol. The fourth-order valence-electron chi connectivity index (χ4n) is 3.60. The molecule has 4 nitrogen and oxygen atoms in total. The van der Waals surface area contributed by atoms with Gasteiger partial charge in [-0.2, -0.15) is 11.8 Å². The number of nitrogens with one attached hydrogen (secondary N) is 1. The van der Waals surface area contributed by atoms with Gasteiger partial charge in [0, 0.05) is 30.6 Å². The van der Waals surface area contributed by atoms with Gasteiger partial charge in [0.05, 0.1) is 12.1 Å². The second kappa shape index (κ2) is 10.4. The zero-order chi connectivity index (χ0) is 16.8. The van der Waals surface area contributed by atoms with Crippen molar-refractivity contribution in [1.29, 1.82) is 0 Å². The van der Waals surface area contributed by atoms with Crippen LogP contribution in [0.25, 0.3) is 0 Å². The number of carbonyl (C=O) groups is 1. The Kier molecular flexibility index (Phi) is 8.56. The summed E-state index contributed by atoms with van der Waals surface area (Å²) in [5.41, 5.74) is 1.20. The highest BCUT2D eigenvalue weighted by Gasteiger charge is 2.29.